The molecule has 4 rings (SSSR count). The van der Waals surface area contributed by atoms with Gasteiger partial charge in [-0.2, -0.15) is 0 Å². The van der Waals surface area contributed by atoms with E-state index < -0.39 is 0 Å². The van der Waals surface area contributed by atoms with Gasteiger partial charge in [-0.05, 0) is 30.2 Å². The lowest BCUT2D eigenvalue weighted by atomic mass is 9.71. The van der Waals surface area contributed by atoms with Gasteiger partial charge in [0.25, 0.3) is 0 Å². The Morgan fingerprint density at radius 3 is 2.67 bits per heavy atom. The van der Waals surface area contributed by atoms with E-state index >= 15 is 0 Å². The molecule has 2 aromatic rings. The van der Waals surface area contributed by atoms with Crippen LogP contribution < -0.4 is 10.1 Å². The molecule has 0 aliphatic carbocycles. The molecule has 2 aliphatic heterocycles. The van der Waals surface area contributed by atoms with E-state index in [1.54, 1.807) is 12.1 Å². The normalized spacial score (nSPS) is 22.2. The zero-order valence-corrected chi connectivity index (χ0v) is 11.8. The number of nitrogens with one attached hydrogen (secondary N) is 1. The second-order valence-corrected chi connectivity index (χ2v) is 6.15. The van der Waals surface area contributed by atoms with Crippen LogP contribution >= 0.6 is 0 Å². The Kier molecular flexibility index (Phi) is 2.96. The third kappa shape index (κ3) is 2.22. The number of halogens is 1. The highest BCUT2D eigenvalue weighted by Crippen LogP contribution is 2.38. The highest BCUT2D eigenvalue weighted by atomic mass is 19.1. The molecule has 3 heteroatoms. The standard InChI is InChI=1S/C18H18FNO/c19-15-6-7-17-13(8-15)9-16(21-17)10-18(11-20-12-18)14-4-2-1-3-5-14/h1-8,16,20H,9-12H2. The Balaban J connectivity index is 1.54. The summed E-state index contributed by atoms with van der Waals surface area (Å²) in [5.41, 5.74) is 2.52. The SMILES string of the molecule is Fc1ccc2c(c1)CC(CC1(c3ccccc3)CNC1)O2. The van der Waals surface area contributed by atoms with E-state index in [-0.39, 0.29) is 17.3 Å². The van der Waals surface area contributed by atoms with Gasteiger partial charge in [0.15, 0.2) is 0 Å². The third-order valence-electron chi connectivity index (χ3n) is 4.70. The summed E-state index contributed by atoms with van der Waals surface area (Å²) in [5, 5.41) is 3.39. The van der Waals surface area contributed by atoms with Gasteiger partial charge in [-0.3, -0.25) is 0 Å². The van der Waals surface area contributed by atoms with Crippen LogP contribution in [-0.2, 0) is 11.8 Å². The molecular weight excluding hydrogens is 265 g/mol. The van der Waals surface area contributed by atoms with Crippen molar-refractivity contribution in [2.75, 3.05) is 13.1 Å². The minimum Gasteiger partial charge on any atom is -0.490 e. The van der Waals surface area contributed by atoms with Gasteiger partial charge in [0.05, 0.1) is 0 Å². The topological polar surface area (TPSA) is 21.3 Å². The first-order valence-corrected chi connectivity index (χ1v) is 7.47. The lowest BCUT2D eigenvalue weighted by Crippen LogP contribution is -2.58. The number of rotatable bonds is 3. The first kappa shape index (κ1) is 12.8. The van der Waals surface area contributed by atoms with Crippen molar-refractivity contribution in [3.63, 3.8) is 0 Å². The summed E-state index contributed by atoms with van der Waals surface area (Å²) in [6.45, 7) is 1.98. The molecule has 2 nitrogen and oxygen atoms in total. The van der Waals surface area contributed by atoms with E-state index in [1.165, 1.54) is 11.6 Å². The van der Waals surface area contributed by atoms with Gasteiger partial charge in [0.1, 0.15) is 17.7 Å². The summed E-state index contributed by atoms with van der Waals surface area (Å²) in [6, 6.07) is 15.4. The molecule has 1 saturated heterocycles. The smallest absolute Gasteiger partial charge is 0.123 e. The first-order valence-electron chi connectivity index (χ1n) is 7.47. The summed E-state index contributed by atoms with van der Waals surface area (Å²) >= 11 is 0. The van der Waals surface area contributed by atoms with E-state index in [0.29, 0.717) is 0 Å². The molecule has 0 spiro atoms. The molecule has 0 aromatic heterocycles. The van der Waals surface area contributed by atoms with Crippen LogP contribution in [0.25, 0.3) is 0 Å². The van der Waals surface area contributed by atoms with Gasteiger partial charge in [-0.1, -0.05) is 30.3 Å². The van der Waals surface area contributed by atoms with E-state index in [4.69, 9.17) is 4.74 Å². The summed E-state index contributed by atoms with van der Waals surface area (Å²) in [4.78, 5) is 0. The number of hydrogen-bond acceptors (Lipinski definition) is 2. The van der Waals surface area contributed by atoms with E-state index in [1.807, 2.05) is 6.07 Å². The van der Waals surface area contributed by atoms with Crippen LogP contribution in [0.15, 0.2) is 48.5 Å². The van der Waals surface area contributed by atoms with Crippen molar-refractivity contribution in [1.29, 1.82) is 0 Å². The molecule has 1 unspecified atom stereocenters. The average molecular weight is 283 g/mol. The Bertz CT molecular complexity index is 652. The maximum absolute atomic E-state index is 13.3. The molecule has 2 aliphatic rings. The monoisotopic (exact) mass is 283 g/mol. The molecule has 0 amide bonds. The molecule has 0 bridgehead atoms. The predicted molar refractivity (Wildman–Crippen MR) is 80.1 cm³/mol. The second kappa shape index (κ2) is 4.85. The summed E-state index contributed by atoms with van der Waals surface area (Å²) < 4.78 is 19.3. The Labute approximate surface area is 123 Å². The molecule has 1 N–H and O–H groups in total. The van der Waals surface area contributed by atoms with Crippen LogP contribution in [0.1, 0.15) is 17.5 Å². The molecule has 0 radical (unpaired) electrons. The number of hydrogen-bond donors (Lipinski definition) is 1. The van der Waals surface area contributed by atoms with Gasteiger partial charge in [0.2, 0.25) is 0 Å². The second-order valence-electron chi connectivity index (χ2n) is 6.15. The van der Waals surface area contributed by atoms with Gasteiger partial charge in [0, 0.05) is 30.5 Å². The molecule has 2 aromatic carbocycles. The minimum atomic E-state index is -0.180. The molecule has 108 valence electrons. The molecule has 2 heterocycles. The quantitative estimate of drug-likeness (QED) is 0.935. The van der Waals surface area contributed by atoms with Gasteiger partial charge in [-0.15, -0.1) is 0 Å². The summed E-state index contributed by atoms with van der Waals surface area (Å²) in [6.07, 6.45) is 1.92. The first-order chi connectivity index (χ1) is 10.3. The van der Waals surface area contributed by atoms with Crippen molar-refractivity contribution in [2.24, 2.45) is 0 Å². The van der Waals surface area contributed by atoms with Gasteiger partial charge in [-0.25, -0.2) is 4.39 Å². The fraction of sp³-hybridized carbons (Fsp3) is 0.333. The molecule has 1 atom stereocenters. The van der Waals surface area contributed by atoms with E-state index in [9.17, 15) is 4.39 Å². The number of fused-ring (bicyclic) bond motifs is 1. The fourth-order valence-corrected chi connectivity index (χ4v) is 3.52. The number of ether oxygens (including phenoxy) is 1. The van der Waals surface area contributed by atoms with Crippen LogP contribution in [0.4, 0.5) is 4.39 Å². The summed E-state index contributed by atoms with van der Waals surface area (Å²) in [5.74, 6) is 0.665. The maximum atomic E-state index is 13.3. The van der Waals surface area contributed by atoms with Crippen molar-refractivity contribution in [3.05, 3.63) is 65.5 Å². The molecular formula is C18H18FNO. The van der Waals surface area contributed by atoms with E-state index in [0.717, 1.165) is 37.2 Å². The predicted octanol–water partition coefficient (Wildman–Crippen LogP) is 3.06. The Morgan fingerprint density at radius 2 is 1.95 bits per heavy atom. The lowest BCUT2D eigenvalue weighted by Gasteiger charge is -2.44. The number of benzene rings is 2. The van der Waals surface area contributed by atoms with Crippen LogP contribution in [0.2, 0.25) is 0 Å². The zero-order valence-electron chi connectivity index (χ0n) is 11.8. The van der Waals surface area contributed by atoms with Crippen molar-refractivity contribution in [2.45, 2.75) is 24.4 Å². The van der Waals surface area contributed by atoms with Crippen molar-refractivity contribution >= 4 is 0 Å². The Morgan fingerprint density at radius 1 is 1.14 bits per heavy atom. The lowest BCUT2D eigenvalue weighted by molar-refractivity contribution is 0.143. The van der Waals surface area contributed by atoms with Crippen LogP contribution in [0, 0.1) is 5.82 Å². The average Bonchev–Trinajstić information content (AvgIpc) is 2.85. The Hall–Kier alpha value is -1.87. The van der Waals surface area contributed by atoms with Gasteiger partial charge >= 0.3 is 0 Å². The van der Waals surface area contributed by atoms with Crippen molar-refractivity contribution < 1.29 is 9.13 Å². The fourth-order valence-electron chi connectivity index (χ4n) is 3.52. The van der Waals surface area contributed by atoms with Crippen LogP contribution in [0.5, 0.6) is 5.75 Å². The maximum Gasteiger partial charge on any atom is 0.123 e. The van der Waals surface area contributed by atoms with Crippen molar-refractivity contribution in [3.8, 4) is 5.75 Å². The van der Waals surface area contributed by atoms with Crippen LogP contribution in [-0.4, -0.2) is 19.2 Å². The van der Waals surface area contributed by atoms with E-state index in [2.05, 4.69) is 29.6 Å². The van der Waals surface area contributed by atoms with Crippen molar-refractivity contribution in [1.82, 2.24) is 5.32 Å². The highest BCUT2D eigenvalue weighted by Gasteiger charge is 2.42. The molecule has 1 fully saturated rings. The highest BCUT2D eigenvalue weighted by molar-refractivity contribution is 5.39. The minimum absolute atomic E-state index is 0.143. The summed E-state index contributed by atoms with van der Waals surface area (Å²) in [7, 11) is 0. The third-order valence-corrected chi connectivity index (χ3v) is 4.70. The van der Waals surface area contributed by atoms with Gasteiger partial charge < -0.3 is 10.1 Å². The zero-order chi connectivity index (χ0) is 14.3. The molecule has 21 heavy (non-hydrogen) atoms. The van der Waals surface area contributed by atoms with Crippen LogP contribution in [0.3, 0.4) is 0 Å². The molecule has 0 saturated carbocycles. The largest absolute Gasteiger partial charge is 0.490 e.